The summed E-state index contributed by atoms with van der Waals surface area (Å²) in [6.07, 6.45) is 4.31. The molecule has 0 radical (unpaired) electrons. The van der Waals surface area contributed by atoms with Gasteiger partial charge >= 0.3 is 0 Å². The van der Waals surface area contributed by atoms with Gasteiger partial charge in [0.25, 0.3) is 11.3 Å². The van der Waals surface area contributed by atoms with Crippen molar-refractivity contribution in [1.82, 2.24) is 9.55 Å². The van der Waals surface area contributed by atoms with Gasteiger partial charge in [-0.05, 0) is 61.1 Å². The standard InChI is InChI=1S/C27H27N3O3S/c1-3-22-16-24-18(2)14-15-28-26(24)29(22)17-19-8-10-20(11-9-19)23-6-4-5-7-25(23)30(34(32)33)27(31)21-12-13-21/h4-11,14-16,21H,3,12-13,17H2,1-2H3,(H,32,33). The van der Waals surface area contributed by atoms with Crippen LogP contribution >= 0.6 is 0 Å². The summed E-state index contributed by atoms with van der Waals surface area (Å²) in [5, 5.41) is 1.18. The van der Waals surface area contributed by atoms with E-state index in [4.69, 9.17) is 0 Å². The van der Waals surface area contributed by atoms with E-state index < -0.39 is 11.3 Å². The van der Waals surface area contributed by atoms with Crippen LogP contribution in [0.15, 0.2) is 66.9 Å². The van der Waals surface area contributed by atoms with Gasteiger partial charge in [-0.25, -0.2) is 13.5 Å². The van der Waals surface area contributed by atoms with Crippen LogP contribution in [0.3, 0.4) is 0 Å². The molecule has 4 aromatic rings. The van der Waals surface area contributed by atoms with E-state index in [-0.39, 0.29) is 11.8 Å². The van der Waals surface area contributed by atoms with Crippen LogP contribution in [-0.2, 0) is 29.0 Å². The average molecular weight is 474 g/mol. The van der Waals surface area contributed by atoms with E-state index in [2.05, 4.69) is 41.6 Å². The summed E-state index contributed by atoms with van der Waals surface area (Å²) in [7, 11) is 0. The number of anilines is 1. The molecule has 1 atom stereocenters. The van der Waals surface area contributed by atoms with E-state index in [0.29, 0.717) is 12.2 Å². The third-order valence-corrected chi connectivity index (χ3v) is 7.16. The van der Waals surface area contributed by atoms with Crippen molar-refractivity contribution in [2.24, 2.45) is 5.92 Å². The van der Waals surface area contributed by atoms with Gasteiger partial charge < -0.3 is 4.57 Å². The highest BCUT2D eigenvalue weighted by molar-refractivity contribution is 7.81. The zero-order chi connectivity index (χ0) is 23.8. The molecule has 1 fully saturated rings. The summed E-state index contributed by atoms with van der Waals surface area (Å²) >= 11 is -2.42. The monoisotopic (exact) mass is 473 g/mol. The van der Waals surface area contributed by atoms with Crippen molar-refractivity contribution >= 4 is 33.9 Å². The molecule has 2 aromatic heterocycles. The number of fused-ring (bicyclic) bond motifs is 1. The topological polar surface area (TPSA) is 75.4 Å². The SMILES string of the molecule is CCc1cc2c(C)ccnc2n1Cc1ccc(-c2ccccc2N(C(=O)C2CC2)S(=O)O)cc1. The van der Waals surface area contributed by atoms with E-state index in [0.717, 1.165) is 45.9 Å². The van der Waals surface area contributed by atoms with Gasteiger partial charge in [-0.3, -0.25) is 9.35 Å². The molecule has 1 aliphatic carbocycles. The van der Waals surface area contributed by atoms with Crippen molar-refractivity contribution in [2.75, 3.05) is 4.31 Å². The Labute approximate surface area is 201 Å². The van der Waals surface area contributed by atoms with Gasteiger partial charge in [0.1, 0.15) is 5.65 Å². The maximum Gasteiger partial charge on any atom is 0.268 e. The van der Waals surface area contributed by atoms with Crippen LogP contribution in [0, 0.1) is 12.8 Å². The molecule has 6 nitrogen and oxygen atoms in total. The minimum atomic E-state index is -2.42. The molecule has 1 N–H and O–H groups in total. The Kier molecular flexibility index (Phi) is 6.06. The lowest BCUT2D eigenvalue weighted by molar-refractivity contribution is -0.118. The molecular formula is C27H27N3O3S. The molecule has 1 unspecified atom stereocenters. The fraction of sp³-hybridized carbons (Fsp3) is 0.259. The average Bonchev–Trinajstić information content (AvgIpc) is 3.63. The molecule has 0 bridgehead atoms. The maximum atomic E-state index is 12.7. The summed E-state index contributed by atoms with van der Waals surface area (Å²) < 4.78 is 25.3. The number of aryl methyl sites for hydroxylation is 2. The highest BCUT2D eigenvalue weighted by atomic mass is 32.2. The van der Waals surface area contributed by atoms with Crippen molar-refractivity contribution in [3.63, 3.8) is 0 Å². The van der Waals surface area contributed by atoms with Gasteiger partial charge in [0.05, 0.1) is 5.69 Å². The molecule has 1 aliphatic rings. The highest BCUT2D eigenvalue weighted by Crippen LogP contribution is 2.37. The third kappa shape index (κ3) is 4.17. The Bertz CT molecular complexity index is 1390. The number of carbonyl (C=O) groups excluding carboxylic acids is 1. The van der Waals surface area contributed by atoms with Gasteiger partial charge in [0.2, 0.25) is 5.91 Å². The summed E-state index contributed by atoms with van der Waals surface area (Å²) in [6.45, 7) is 4.97. The smallest absolute Gasteiger partial charge is 0.268 e. The Morgan fingerprint density at radius 1 is 1.15 bits per heavy atom. The number of nitrogens with zero attached hydrogens (tertiary/aromatic N) is 3. The summed E-state index contributed by atoms with van der Waals surface area (Å²) in [6, 6.07) is 19.7. The summed E-state index contributed by atoms with van der Waals surface area (Å²) in [5.41, 5.74) is 6.68. The first-order valence-electron chi connectivity index (χ1n) is 11.5. The normalized spacial score (nSPS) is 14.3. The van der Waals surface area contributed by atoms with Crippen molar-refractivity contribution in [1.29, 1.82) is 0 Å². The van der Waals surface area contributed by atoms with E-state index in [9.17, 15) is 13.6 Å². The first kappa shape index (κ1) is 22.5. The number of pyridine rings is 1. The quantitative estimate of drug-likeness (QED) is 0.360. The van der Waals surface area contributed by atoms with Gasteiger partial charge in [-0.15, -0.1) is 0 Å². The van der Waals surface area contributed by atoms with Gasteiger partial charge in [0.15, 0.2) is 0 Å². The Morgan fingerprint density at radius 2 is 1.88 bits per heavy atom. The lowest BCUT2D eigenvalue weighted by Gasteiger charge is -2.21. The molecule has 0 saturated heterocycles. The van der Waals surface area contributed by atoms with Crippen molar-refractivity contribution < 1.29 is 13.6 Å². The van der Waals surface area contributed by atoms with Crippen LogP contribution in [0.1, 0.15) is 36.6 Å². The number of rotatable bonds is 7. The van der Waals surface area contributed by atoms with Crippen LogP contribution in [0.5, 0.6) is 0 Å². The maximum absolute atomic E-state index is 12.7. The van der Waals surface area contributed by atoms with Crippen LogP contribution < -0.4 is 4.31 Å². The zero-order valence-corrected chi connectivity index (χ0v) is 20.1. The zero-order valence-electron chi connectivity index (χ0n) is 19.3. The Hall–Kier alpha value is -3.29. The molecule has 7 heteroatoms. The molecule has 2 heterocycles. The molecule has 0 spiro atoms. The van der Waals surface area contributed by atoms with Gasteiger partial charge in [0, 0.05) is 35.3 Å². The first-order chi connectivity index (χ1) is 16.5. The molecule has 0 aliphatic heterocycles. The van der Waals surface area contributed by atoms with Crippen LogP contribution in [-0.4, -0.2) is 24.2 Å². The number of carbonyl (C=O) groups is 1. The Balaban J connectivity index is 1.47. The summed E-state index contributed by atoms with van der Waals surface area (Å²) in [4.78, 5) is 17.3. The number of aromatic nitrogens is 2. The second-order valence-corrected chi connectivity index (χ2v) is 9.62. The van der Waals surface area contributed by atoms with Crippen LogP contribution in [0.25, 0.3) is 22.2 Å². The minimum absolute atomic E-state index is 0.159. The fourth-order valence-corrected chi connectivity index (χ4v) is 5.07. The molecule has 2 aromatic carbocycles. The van der Waals surface area contributed by atoms with E-state index >= 15 is 0 Å². The number of hydrogen-bond donors (Lipinski definition) is 1. The third-order valence-electron chi connectivity index (χ3n) is 6.47. The molecule has 1 saturated carbocycles. The molecule has 1 amide bonds. The van der Waals surface area contributed by atoms with Gasteiger partial charge in [-0.1, -0.05) is 49.4 Å². The second-order valence-electron chi connectivity index (χ2n) is 8.79. The van der Waals surface area contributed by atoms with Gasteiger partial charge in [-0.2, -0.15) is 0 Å². The lowest BCUT2D eigenvalue weighted by atomic mass is 10.0. The molecule has 5 rings (SSSR count). The van der Waals surface area contributed by atoms with E-state index in [1.54, 1.807) is 12.1 Å². The predicted molar refractivity (Wildman–Crippen MR) is 136 cm³/mol. The Morgan fingerprint density at radius 3 is 2.56 bits per heavy atom. The second kappa shape index (κ2) is 9.16. The van der Waals surface area contributed by atoms with E-state index in [1.165, 1.54) is 16.6 Å². The first-order valence-corrected chi connectivity index (χ1v) is 12.6. The molecule has 34 heavy (non-hydrogen) atoms. The predicted octanol–water partition coefficient (Wildman–Crippen LogP) is 5.50. The van der Waals surface area contributed by atoms with Crippen molar-refractivity contribution in [3.05, 3.63) is 83.7 Å². The largest absolute Gasteiger partial charge is 0.325 e. The highest BCUT2D eigenvalue weighted by Gasteiger charge is 2.37. The lowest BCUT2D eigenvalue weighted by Crippen LogP contribution is -2.34. The number of para-hydroxylation sites is 1. The minimum Gasteiger partial charge on any atom is -0.325 e. The number of amides is 1. The fourth-order valence-electron chi connectivity index (χ4n) is 4.44. The van der Waals surface area contributed by atoms with Crippen LogP contribution in [0.2, 0.25) is 0 Å². The van der Waals surface area contributed by atoms with Crippen molar-refractivity contribution in [2.45, 2.75) is 39.7 Å². The van der Waals surface area contributed by atoms with Crippen LogP contribution in [0.4, 0.5) is 5.69 Å². The van der Waals surface area contributed by atoms with E-state index in [1.807, 2.05) is 36.5 Å². The molecule has 174 valence electrons. The number of hydrogen-bond acceptors (Lipinski definition) is 3. The number of benzene rings is 2. The molecular weight excluding hydrogens is 446 g/mol. The summed E-state index contributed by atoms with van der Waals surface area (Å²) in [5.74, 6) is -0.452. The van der Waals surface area contributed by atoms with Crippen molar-refractivity contribution in [3.8, 4) is 11.1 Å².